The van der Waals surface area contributed by atoms with Gasteiger partial charge >= 0.3 is 0 Å². The highest BCUT2D eigenvalue weighted by molar-refractivity contribution is 6.02. The lowest BCUT2D eigenvalue weighted by atomic mass is 10.1. The summed E-state index contributed by atoms with van der Waals surface area (Å²) in [6.07, 6.45) is 0. The number of morpholine rings is 1. The van der Waals surface area contributed by atoms with Crippen LogP contribution in [0, 0.1) is 13.8 Å². The summed E-state index contributed by atoms with van der Waals surface area (Å²) >= 11 is 0. The topological polar surface area (TPSA) is 96.9 Å². The molecule has 1 aromatic rings. The van der Waals surface area contributed by atoms with Crippen LogP contribution in [0.2, 0.25) is 0 Å². The van der Waals surface area contributed by atoms with Gasteiger partial charge in [-0.25, -0.2) is 0 Å². The zero-order chi connectivity index (χ0) is 13.1. The van der Waals surface area contributed by atoms with Gasteiger partial charge in [0.05, 0.1) is 24.5 Å². The highest BCUT2D eigenvalue weighted by Crippen LogP contribution is 2.22. The summed E-state index contributed by atoms with van der Waals surface area (Å²) in [6.45, 7) is 6.47. The smallest absolute Gasteiger partial charge is 0.174 e. The zero-order valence-electron chi connectivity index (χ0n) is 10.6. The maximum absolute atomic E-state index is 8.90. The molecule has 1 aromatic heterocycles. The van der Waals surface area contributed by atoms with Crippen molar-refractivity contribution < 1.29 is 9.94 Å². The Kier molecular flexibility index (Phi) is 3.61. The fourth-order valence-electron chi connectivity index (χ4n) is 1.95. The van der Waals surface area contributed by atoms with Crippen molar-refractivity contribution in [1.82, 2.24) is 10.2 Å². The van der Waals surface area contributed by atoms with Crippen molar-refractivity contribution in [2.24, 2.45) is 10.9 Å². The zero-order valence-corrected chi connectivity index (χ0v) is 10.6. The summed E-state index contributed by atoms with van der Waals surface area (Å²) in [5.41, 5.74) is 8.04. The van der Waals surface area contributed by atoms with Gasteiger partial charge in [-0.2, -0.15) is 5.10 Å². The molecule has 0 atom stereocenters. The summed E-state index contributed by atoms with van der Waals surface area (Å²) < 4.78 is 5.30. The van der Waals surface area contributed by atoms with Gasteiger partial charge in [0.1, 0.15) is 0 Å². The van der Waals surface area contributed by atoms with Crippen molar-refractivity contribution in [2.45, 2.75) is 13.8 Å². The van der Waals surface area contributed by atoms with E-state index in [9.17, 15) is 0 Å². The lowest BCUT2D eigenvalue weighted by Gasteiger charge is -2.29. The number of nitrogens with two attached hydrogens (primary N) is 1. The molecule has 7 heteroatoms. The average molecular weight is 251 g/mol. The van der Waals surface area contributed by atoms with E-state index in [1.807, 2.05) is 18.7 Å². The van der Waals surface area contributed by atoms with Crippen LogP contribution in [-0.4, -0.2) is 47.5 Å². The summed E-state index contributed by atoms with van der Waals surface area (Å²) in [5, 5.41) is 20.3. The van der Waals surface area contributed by atoms with Crippen molar-refractivity contribution in [3.63, 3.8) is 0 Å². The number of aryl methyl sites for hydroxylation is 1. The van der Waals surface area contributed by atoms with Crippen LogP contribution < -0.4 is 10.6 Å². The maximum atomic E-state index is 8.90. The molecule has 2 heterocycles. The first-order chi connectivity index (χ1) is 8.65. The molecule has 18 heavy (non-hydrogen) atoms. The predicted octanol–water partition coefficient (Wildman–Crippen LogP) is 0.0245. The fraction of sp³-hybridized carbons (Fsp3) is 0.545. The third kappa shape index (κ3) is 2.21. The van der Waals surface area contributed by atoms with Crippen molar-refractivity contribution in [3.05, 3.63) is 16.8 Å². The molecule has 1 aliphatic heterocycles. The minimum absolute atomic E-state index is 0.0620. The first kappa shape index (κ1) is 12.6. The normalized spacial score (nSPS) is 17.0. The Labute approximate surface area is 105 Å². The van der Waals surface area contributed by atoms with Gasteiger partial charge < -0.3 is 20.6 Å². The molecule has 1 saturated heterocycles. The van der Waals surface area contributed by atoms with Gasteiger partial charge in [0.2, 0.25) is 0 Å². The highest BCUT2D eigenvalue weighted by atomic mass is 16.5. The number of hydrogen-bond donors (Lipinski definition) is 2. The van der Waals surface area contributed by atoms with Crippen molar-refractivity contribution in [2.75, 3.05) is 31.2 Å². The van der Waals surface area contributed by atoms with Gasteiger partial charge in [0, 0.05) is 13.1 Å². The van der Waals surface area contributed by atoms with Gasteiger partial charge in [-0.05, 0) is 19.4 Å². The number of rotatable bonds is 2. The molecule has 0 amide bonds. The minimum Gasteiger partial charge on any atom is -0.409 e. The number of aromatic nitrogens is 2. The number of anilines is 1. The van der Waals surface area contributed by atoms with Crippen LogP contribution in [0.15, 0.2) is 5.16 Å². The SMILES string of the molecule is Cc1nnc(N2CCOCC2)c(/C(N)=N/O)c1C. The Morgan fingerprint density at radius 3 is 2.61 bits per heavy atom. The fourth-order valence-corrected chi connectivity index (χ4v) is 1.95. The molecule has 98 valence electrons. The average Bonchev–Trinajstić information content (AvgIpc) is 2.42. The Morgan fingerprint density at radius 2 is 2.00 bits per heavy atom. The molecule has 3 N–H and O–H groups in total. The third-order valence-electron chi connectivity index (χ3n) is 3.11. The molecule has 0 radical (unpaired) electrons. The van der Waals surface area contributed by atoms with Crippen LogP contribution >= 0.6 is 0 Å². The summed E-state index contributed by atoms with van der Waals surface area (Å²) in [6, 6.07) is 0. The molecule has 0 aromatic carbocycles. The lowest BCUT2D eigenvalue weighted by molar-refractivity contribution is 0.122. The number of amidine groups is 1. The van der Waals surface area contributed by atoms with E-state index in [-0.39, 0.29) is 5.84 Å². The largest absolute Gasteiger partial charge is 0.409 e. The number of oxime groups is 1. The number of ether oxygens (including phenoxy) is 1. The van der Waals surface area contributed by atoms with Crippen LogP contribution in [-0.2, 0) is 4.74 Å². The van der Waals surface area contributed by atoms with E-state index in [0.29, 0.717) is 24.6 Å². The molecule has 0 spiro atoms. The second kappa shape index (κ2) is 5.18. The third-order valence-corrected chi connectivity index (χ3v) is 3.11. The van der Waals surface area contributed by atoms with Gasteiger partial charge in [-0.1, -0.05) is 5.16 Å². The highest BCUT2D eigenvalue weighted by Gasteiger charge is 2.21. The van der Waals surface area contributed by atoms with E-state index in [1.165, 1.54) is 0 Å². The number of nitrogens with zero attached hydrogens (tertiary/aromatic N) is 4. The first-order valence-electron chi connectivity index (χ1n) is 5.79. The Bertz CT molecular complexity index is 469. The quantitative estimate of drug-likeness (QED) is 0.333. The van der Waals surface area contributed by atoms with Crippen molar-refractivity contribution in [1.29, 1.82) is 0 Å². The van der Waals surface area contributed by atoms with Gasteiger partial charge in [0.15, 0.2) is 11.7 Å². The van der Waals surface area contributed by atoms with Crippen LogP contribution in [0.1, 0.15) is 16.8 Å². The van der Waals surface area contributed by atoms with Crippen molar-refractivity contribution in [3.8, 4) is 0 Å². The predicted molar refractivity (Wildman–Crippen MR) is 67.0 cm³/mol. The molecule has 2 rings (SSSR count). The molecule has 0 bridgehead atoms. The molecule has 1 fully saturated rings. The summed E-state index contributed by atoms with van der Waals surface area (Å²) in [7, 11) is 0. The van der Waals surface area contributed by atoms with Gasteiger partial charge in [-0.15, -0.1) is 5.10 Å². The van der Waals surface area contributed by atoms with Gasteiger partial charge in [-0.3, -0.25) is 0 Å². The van der Waals surface area contributed by atoms with Crippen LogP contribution in [0.25, 0.3) is 0 Å². The van der Waals surface area contributed by atoms with Crippen LogP contribution in [0.3, 0.4) is 0 Å². The van der Waals surface area contributed by atoms with E-state index >= 15 is 0 Å². The van der Waals surface area contributed by atoms with E-state index in [4.69, 9.17) is 15.7 Å². The molecule has 0 aliphatic carbocycles. The molecule has 7 nitrogen and oxygen atoms in total. The minimum atomic E-state index is 0.0620. The second-order valence-corrected chi connectivity index (χ2v) is 4.19. The molecule has 0 saturated carbocycles. The van der Waals surface area contributed by atoms with E-state index in [1.54, 1.807) is 0 Å². The Hall–Kier alpha value is -1.89. The van der Waals surface area contributed by atoms with Crippen molar-refractivity contribution >= 4 is 11.7 Å². The molecular weight excluding hydrogens is 234 g/mol. The molecule has 1 aliphatic rings. The standard InChI is InChI=1S/C11H17N5O2/c1-7-8(2)13-14-11(9(7)10(12)15-17)16-3-5-18-6-4-16/h17H,3-6H2,1-2H3,(H2,12,15). The maximum Gasteiger partial charge on any atom is 0.174 e. The monoisotopic (exact) mass is 251 g/mol. The Morgan fingerprint density at radius 1 is 1.33 bits per heavy atom. The van der Waals surface area contributed by atoms with Crippen LogP contribution in [0.5, 0.6) is 0 Å². The molecule has 0 unspecified atom stereocenters. The summed E-state index contributed by atoms with van der Waals surface area (Å²) in [5.74, 6) is 0.712. The Balaban J connectivity index is 2.48. The van der Waals surface area contributed by atoms with Crippen LogP contribution in [0.4, 0.5) is 5.82 Å². The number of hydrogen-bond acceptors (Lipinski definition) is 6. The van der Waals surface area contributed by atoms with E-state index < -0.39 is 0 Å². The molecular formula is C11H17N5O2. The van der Waals surface area contributed by atoms with E-state index in [0.717, 1.165) is 24.3 Å². The lowest BCUT2D eigenvalue weighted by Crippen LogP contribution is -2.38. The second-order valence-electron chi connectivity index (χ2n) is 4.19. The summed E-state index contributed by atoms with van der Waals surface area (Å²) in [4.78, 5) is 2.04. The van der Waals surface area contributed by atoms with Gasteiger partial charge in [0.25, 0.3) is 0 Å². The van der Waals surface area contributed by atoms with E-state index in [2.05, 4.69) is 15.4 Å². The first-order valence-corrected chi connectivity index (χ1v) is 5.79.